The lowest BCUT2D eigenvalue weighted by Gasteiger charge is -2.12. The topological polar surface area (TPSA) is 100 Å². The second kappa shape index (κ2) is 9.88. The number of aromatic nitrogens is 4. The second-order valence-electron chi connectivity index (χ2n) is 6.44. The molecular weight excluding hydrogens is 442 g/mol. The van der Waals surface area contributed by atoms with Gasteiger partial charge in [-0.15, -0.1) is 5.10 Å². The Labute approximate surface area is 188 Å². The number of fused-ring (bicyclic) bond motifs is 1. The highest BCUT2D eigenvalue weighted by atomic mass is 35.5. The monoisotopic (exact) mass is 461 g/mol. The summed E-state index contributed by atoms with van der Waals surface area (Å²) in [5.74, 6) is 1.61. The van der Waals surface area contributed by atoms with Crippen molar-refractivity contribution in [2.24, 2.45) is 0 Å². The van der Waals surface area contributed by atoms with Gasteiger partial charge in [0.15, 0.2) is 11.5 Å². The lowest BCUT2D eigenvalue weighted by atomic mass is 10.2. The van der Waals surface area contributed by atoms with Gasteiger partial charge in [0.1, 0.15) is 11.4 Å². The summed E-state index contributed by atoms with van der Waals surface area (Å²) in [6.45, 7) is 3.53. The second-order valence-corrected chi connectivity index (χ2v) is 7.79. The van der Waals surface area contributed by atoms with Crippen molar-refractivity contribution in [3.8, 4) is 22.9 Å². The normalized spacial score (nSPS) is 12.8. The molecule has 0 unspecified atom stereocenters. The molecule has 1 N–H and O–H groups in total. The molecule has 4 rings (SSSR count). The molecule has 1 amide bonds. The van der Waals surface area contributed by atoms with E-state index in [1.165, 1.54) is 11.8 Å². The third kappa shape index (κ3) is 5.02. The van der Waals surface area contributed by atoms with E-state index < -0.39 is 0 Å². The van der Waals surface area contributed by atoms with Crippen LogP contribution in [0.4, 0.5) is 5.69 Å². The molecule has 0 saturated heterocycles. The highest BCUT2D eigenvalue weighted by Crippen LogP contribution is 2.37. The van der Waals surface area contributed by atoms with Crippen LogP contribution in [-0.2, 0) is 4.79 Å². The Bertz CT molecular complexity index is 1080. The molecule has 0 bridgehead atoms. The molecule has 0 spiro atoms. The minimum Gasteiger partial charge on any atom is -0.492 e. The van der Waals surface area contributed by atoms with Crippen molar-refractivity contribution >= 4 is 35.0 Å². The molecule has 0 radical (unpaired) electrons. The number of halogens is 1. The van der Waals surface area contributed by atoms with Crippen molar-refractivity contribution < 1.29 is 19.0 Å². The maximum Gasteiger partial charge on any atom is 0.234 e. The molecule has 31 heavy (non-hydrogen) atoms. The first-order chi connectivity index (χ1) is 15.2. The lowest BCUT2D eigenvalue weighted by molar-refractivity contribution is -0.113. The molecule has 162 valence electrons. The van der Waals surface area contributed by atoms with Crippen LogP contribution in [0.15, 0.2) is 41.6 Å². The number of carbonyl (C=O) groups excluding carboxylic acids is 1. The van der Waals surface area contributed by atoms with Crippen LogP contribution >= 0.6 is 23.4 Å². The minimum atomic E-state index is -0.256. The number of rotatable bonds is 7. The summed E-state index contributed by atoms with van der Waals surface area (Å²) in [5.41, 5.74) is 1.15. The molecule has 0 atom stereocenters. The smallest absolute Gasteiger partial charge is 0.234 e. The van der Waals surface area contributed by atoms with Crippen LogP contribution in [0.25, 0.3) is 5.69 Å². The van der Waals surface area contributed by atoms with Crippen molar-refractivity contribution in [1.82, 2.24) is 20.2 Å². The number of tetrazole rings is 1. The van der Waals surface area contributed by atoms with Crippen molar-refractivity contribution in [2.75, 3.05) is 30.9 Å². The molecule has 0 fully saturated rings. The van der Waals surface area contributed by atoms with E-state index in [0.717, 1.165) is 6.42 Å². The summed E-state index contributed by atoms with van der Waals surface area (Å²) in [6.07, 6.45) is 0.784. The quantitative estimate of drug-likeness (QED) is 0.532. The van der Waals surface area contributed by atoms with E-state index in [9.17, 15) is 4.79 Å². The van der Waals surface area contributed by atoms with Crippen molar-refractivity contribution in [3.63, 3.8) is 0 Å². The van der Waals surface area contributed by atoms with Crippen LogP contribution in [0, 0.1) is 0 Å². The van der Waals surface area contributed by atoms with Gasteiger partial charge in [-0.05, 0) is 29.5 Å². The summed E-state index contributed by atoms with van der Waals surface area (Å²) in [6, 6.07) is 10.8. The highest BCUT2D eigenvalue weighted by Gasteiger charge is 2.18. The minimum absolute atomic E-state index is 0.0853. The number of benzene rings is 2. The predicted octanol–water partition coefficient (Wildman–Crippen LogP) is 3.61. The van der Waals surface area contributed by atoms with Crippen LogP contribution < -0.4 is 19.5 Å². The van der Waals surface area contributed by atoms with E-state index >= 15 is 0 Å². The Morgan fingerprint density at radius 3 is 2.84 bits per heavy atom. The standard InChI is InChI=1S/C20H20ClN5O4S/c1-2-28-16-7-4-3-6-15(16)26-20(23-24-25-26)31-12-19(27)22-14-11-18-17(10-13(14)21)29-8-5-9-30-18/h3-4,6-7,10-11H,2,5,8-9,12H2,1H3,(H,22,27). The van der Waals surface area contributed by atoms with E-state index in [0.29, 0.717) is 58.6 Å². The third-order valence-electron chi connectivity index (χ3n) is 4.28. The van der Waals surface area contributed by atoms with Crippen molar-refractivity contribution in [1.29, 1.82) is 0 Å². The first-order valence-corrected chi connectivity index (χ1v) is 11.0. The number of nitrogens with zero attached hydrogens (tertiary/aromatic N) is 4. The van der Waals surface area contributed by atoms with E-state index in [-0.39, 0.29) is 11.7 Å². The van der Waals surface area contributed by atoms with Gasteiger partial charge >= 0.3 is 0 Å². The molecule has 1 aliphatic heterocycles. The predicted molar refractivity (Wildman–Crippen MR) is 117 cm³/mol. The van der Waals surface area contributed by atoms with Crippen LogP contribution in [0.2, 0.25) is 5.02 Å². The average molecular weight is 462 g/mol. The molecule has 0 saturated carbocycles. The Morgan fingerprint density at radius 1 is 1.26 bits per heavy atom. The fraction of sp³-hybridized carbons (Fsp3) is 0.300. The summed E-state index contributed by atoms with van der Waals surface area (Å²) >= 11 is 7.50. The number of hydrogen-bond acceptors (Lipinski definition) is 8. The van der Waals surface area contributed by atoms with Crippen LogP contribution in [-0.4, -0.2) is 51.7 Å². The van der Waals surface area contributed by atoms with Gasteiger partial charge in [-0.1, -0.05) is 35.5 Å². The fourth-order valence-electron chi connectivity index (χ4n) is 2.93. The number of amides is 1. The van der Waals surface area contributed by atoms with Gasteiger partial charge < -0.3 is 19.5 Å². The maximum absolute atomic E-state index is 12.5. The largest absolute Gasteiger partial charge is 0.492 e. The van der Waals surface area contributed by atoms with E-state index in [1.54, 1.807) is 16.8 Å². The number of ether oxygens (including phenoxy) is 3. The zero-order valence-electron chi connectivity index (χ0n) is 16.7. The number of hydrogen-bond donors (Lipinski definition) is 1. The van der Waals surface area contributed by atoms with Gasteiger partial charge in [0, 0.05) is 18.6 Å². The molecule has 1 aliphatic rings. The summed E-state index contributed by atoms with van der Waals surface area (Å²) in [5, 5.41) is 15.4. The molecule has 2 heterocycles. The number of nitrogens with one attached hydrogen (secondary N) is 1. The number of thioether (sulfide) groups is 1. The summed E-state index contributed by atoms with van der Waals surface area (Å²) in [4.78, 5) is 12.5. The van der Waals surface area contributed by atoms with Gasteiger partial charge in [-0.2, -0.15) is 4.68 Å². The number of carbonyl (C=O) groups is 1. The van der Waals surface area contributed by atoms with Gasteiger partial charge in [0.05, 0.1) is 36.3 Å². The van der Waals surface area contributed by atoms with Crippen LogP contribution in [0.5, 0.6) is 17.2 Å². The van der Waals surface area contributed by atoms with E-state index in [4.69, 9.17) is 25.8 Å². The summed E-state index contributed by atoms with van der Waals surface area (Å²) < 4.78 is 18.5. The van der Waals surface area contributed by atoms with Crippen LogP contribution in [0.3, 0.4) is 0 Å². The SMILES string of the molecule is CCOc1ccccc1-n1nnnc1SCC(=O)Nc1cc2c(cc1Cl)OCCCO2. The zero-order chi connectivity index (χ0) is 21.6. The van der Waals surface area contributed by atoms with Crippen molar-refractivity contribution in [3.05, 3.63) is 41.4 Å². The fourth-order valence-corrected chi connectivity index (χ4v) is 3.81. The van der Waals surface area contributed by atoms with Gasteiger partial charge in [0.25, 0.3) is 0 Å². The molecule has 3 aromatic rings. The summed E-state index contributed by atoms with van der Waals surface area (Å²) in [7, 11) is 0. The molecular formula is C20H20ClN5O4S. The van der Waals surface area contributed by atoms with Gasteiger partial charge in [0.2, 0.25) is 11.1 Å². The molecule has 0 aliphatic carbocycles. The average Bonchev–Trinajstić information content (AvgIpc) is 3.12. The third-order valence-corrected chi connectivity index (χ3v) is 5.51. The Morgan fingerprint density at radius 2 is 2.03 bits per heavy atom. The van der Waals surface area contributed by atoms with Crippen LogP contribution in [0.1, 0.15) is 13.3 Å². The molecule has 1 aromatic heterocycles. The lowest BCUT2D eigenvalue weighted by Crippen LogP contribution is -2.15. The molecule has 9 nitrogen and oxygen atoms in total. The van der Waals surface area contributed by atoms with Gasteiger partial charge in [-0.3, -0.25) is 4.79 Å². The highest BCUT2D eigenvalue weighted by molar-refractivity contribution is 7.99. The molecule has 2 aromatic carbocycles. The maximum atomic E-state index is 12.5. The molecule has 11 heteroatoms. The Balaban J connectivity index is 1.44. The Kier molecular flexibility index (Phi) is 6.78. The van der Waals surface area contributed by atoms with Crippen molar-refractivity contribution in [2.45, 2.75) is 18.5 Å². The van der Waals surface area contributed by atoms with Gasteiger partial charge in [-0.25, -0.2) is 0 Å². The number of anilines is 1. The number of para-hydroxylation sites is 2. The zero-order valence-corrected chi connectivity index (χ0v) is 18.3. The Hall–Kier alpha value is -2.98. The first-order valence-electron chi connectivity index (χ1n) is 9.68. The van der Waals surface area contributed by atoms with E-state index in [2.05, 4.69) is 20.8 Å². The first kappa shape index (κ1) is 21.3. The van der Waals surface area contributed by atoms with E-state index in [1.807, 2.05) is 31.2 Å².